The van der Waals surface area contributed by atoms with Crippen LogP contribution >= 0.6 is 0 Å². The van der Waals surface area contributed by atoms with Crippen LogP contribution < -0.4 is 9.88 Å². The Morgan fingerprint density at radius 1 is 1.22 bits per heavy atom. The zero-order valence-corrected chi connectivity index (χ0v) is 11.2. The van der Waals surface area contributed by atoms with E-state index < -0.39 is 10.0 Å². The Bertz CT molecular complexity index is 491. The summed E-state index contributed by atoms with van der Waals surface area (Å²) in [6, 6.07) is 6.25. The Hall–Kier alpha value is -1.11. The van der Waals surface area contributed by atoms with Crippen LogP contribution in [0.4, 0.5) is 0 Å². The van der Waals surface area contributed by atoms with Crippen molar-refractivity contribution in [1.82, 2.24) is 4.90 Å². The van der Waals surface area contributed by atoms with Crippen molar-refractivity contribution in [3.63, 3.8) is 0 Å². The molecule has 18 heavy (non-hydrogen) atoms. The van der Waals surface area contributed by atoms with Gasteiger partial charge in [-0.1, -0.05) is 0 Å². The van der Waals surface area contributed by atoms with Crippen LogP contribution in [-0.2, 0) is 10.0 Å². The third kappa shape index (κ3) is 3.44. The normalized spacial score (nSPS) is 18.8. The predicted octanol–water partition coefficient (Wildman–Crippen LogP) is 0.807. The van der Waals surface area contributed by atoms with Crippen LogP contribution in [0.15, 0.2) is 29.2 Å². The average Bonchev–Trinajstić information content (AvgIpc) is 2.32. The van der Waals surface area contributed by atoms with Crippen LogP contribution in [0.1, 0.15) is 12.8 Å². The van der Waals surface area contributed by atoms with Gasteiger partial charge in [-0.3, -0.25) is 0 Å². The Kier molecular flexibility index (Phi) is 3.89. The lowest BCUT2D eigenvalue weighted by Crippen LogP contribution is -2.35. The summed E-state index contributed by atoms with van der Waals surface area (Å²) < 4.78 is 28.0. The molecule has 1 aromatic rings. The fraction of sp³-hybridized carbons (Fsp3) is 0.500. The summed E-state index contributed by atoms with van der Waals surface area (Å²) in [5, 5.41) is 5.03. The molecule has 0 amide bonds. The smallest absolute Gasteiger partial charge is 0.238 e. The van der Waals surface area contributed by atoms with Crippen molar-refractivity contribution in [2.75, 3.05) is 20.1 Å². The zero-order chi connectivity index (χ0) is 13.2. The summed E-state index contributed by atoms with van der Waals surface area (Å²) in [6.45, 7) is 2.06. The summed E-state index contributed by atoms with van der Waals surface area (Å²) in [5.41, 5.74) is 0. The SMILES string of the molecule is CN1CCC(Oc2ccc(S(N)(=O)=O)cc2)CC1. The van der Waals surface area contributed by atoms with Crippen molar-refractivity contribution in [1.29, 1.82) is 0 Å². The van der Waals surface area contributed by atoms with Gasteiger partial charge in [-0.25, -0.2) is 13.6 Å². The molecule has 0 unspecified atom stereocenters. The van der Waals surface area contributed by atoms with Crippen molar-refractivity contribution in [3.8, 4) is 5.75 Å². The summed E-state index contributed by atoms with van der Waals surface area (Å²) in [5.74, 6) is 0.692. The quantitative estimate of drug-likeness (QED) is 0.882. The number of hydrogen-bond donors (Lipinski definition) is 1. The minimum Gasteiger partial charge on any atom is -0.490 e. The van der Waals surface area contributed by atoms with Crippen molar-refractivity contribution >= 4 is 10.0 Å². The number of hydrogen-bond acceptors (Lipinski definition) is 4. The van der Waals surface area contributed by atoms with Crippen molar-refractivity contribution in [2.45, 2.75) is 23.8 Å². The topological polar surface area (TPSA) is 72.6 Å². The number of nitrogens with zero attached hydrogens (tertiary/aromatic N) is 1. The van der Waals surface area contributed by atoms with Crippen LogP contribution in [0.25, 0.3) is 0 Å². The lowest BCUT2D eigenvalue weighted by molar-refractivity contribution is 0.114. The molecule has 0 bridgehead atoms. The molecule has 1 heterocycles. The molecule has 0 atom stereocenters. The molecule has 2 N–H and O–H groups in total. The monoisotopic (exact) mass is 270 g/mol. The highest BCUT2D eigenvalue weighted by molar-refractivity contribution is 7.89. The molecule has 0 aliphatic carbocycles. The molecular weight excluding hydrogens is 252 g/mol. The van der Waals surface area contributed by atoms with Gasteiger partial charge in [0.15, 0.2) is 0 Å². The second-order valence-electron chi connectivity index (χ2n) is 4.64. The number of rotatable bonds is 3. The lowest BCUT2D eigenvalue weighted by Gasteiger charge is -2.29. The van der Waals surface area contributed by atoms with Crippen LogP contribution in [0.3, 0.4) is 0 Å². The van der Waals surface area contributed by atoms with E-state index >= 15 is 0 Å². The molecule has 0 spiro atoms. The van der Waals surface area contributed by atoms with Gasteiger partial charge in [-0.2, -0.15) is 0 Å². The number of nitrogens with two attached hydrogens (primary N) is 1. The van der Waals surface area contributed by atoms with Crippen LogP contribution in [-0.4, -0.2) is 39.6 Å². The first-order valence-corrected chi connectivity index (χ1v) is 7.48. The fourth-order valence-electron chi connectivity index (χ4n) is 2.00. The number of benzene rings is 1. The molecule has 5 nitrogen and oxygen atoms in total. The first-order chi connectivity index (χ1) is 8.45. The molecule has 1 aliphatic rings. The number of primary sulfonamides is 1. The molecule has 100 valence electrons. The number of piperidine rings is 1. The number of sulfonamides is 1. The van der Waals surface area contributed by atoms with E-state index in [1.807, 2.05) is 0 Å². The lowest BCUT2D eigenvalue weighted by atomic mass is 10.1. The average molecular weight is 270 g/mol. The third-order valence-electron chi connectivity index (χ3n) is 3.12. The van der Waals surface area contributed by atoms with E-state index in [4.69, 9.17) is 9.88 Å². The van der Waals surface area contributed by atoms with Crippen molar-refractivity contribution < 1.29 is 13.2 Å². The highest BCUT2D eigenvalue weighted by Crippen LogP contribution is 2.20. The van der Waals surface area contributed by atoms with Gasteiger partial charge in [0.25, 0.3) is 0 Å². The van der Waals surface area contributed by atoms with Gasteiger partial charge < -0.3 is 9.64 Å². The first kappa shape index (κ1) is 13.3. The number of ether oxygens (including phenoxy) is 1. The van der Waals surface area contributed by atoms with E-state index in [9.17, 15) is 8.42 Å². The van der Waals surface area contributed by atoms with Crippen LogP contribution in [0.5, 0.6) is 5.75 Å². The standard InChI is InChI=1S/C12H18N2O3S/c1-14-8-6-11(7-9-14)17-10-2-4-12(5-3-10)18(13,15)16/h2-5,11H,6-9H2,1H3,(H2,13,15,16). The summed E-state index contributed by atoms with van der Waals surface area (Å²) in [6.07, 6.45) is 2.20. The van der Waals surface area contributed by atoms with Crippen LogP contribution in [0.2, 0.25) is 0 Å². The Morgan fingerprint density at radius 2 is 1.78 bits per heavy atom. The van der Waals surface area contributed by atoms with Gasteiger partial charge in [0.2, 0.25) is 10.0 Å². The van der Waals surface area contributed by atoms with E-state index in [-0.39, 0.29) is 11.0 Å². The predicted molar refractivity (Wildman–Crippen MR) is 69.0 cm³/mol. The van der Waals surface area contributed by atoms with Crippen LogP contribution in [0, 0.1) is 0 Å². The molecule has 2 rings (SSSR count). The van der Waals surface area contributed by atoms with Crippen molar-refractivity contribution in [3.05, 3.63) is 24.3 Å². The van der Waals surface area contributed by atoms with E-state index in [0.717, 1.165) is 25.9 Å². The molecule has 0 aromatic heterocycles. The molecule has 1 aliphatic heterocycles. The Balaban J connectivity index is 1.98. The summed E-state index contributed by atoms with van der Waals surface area (Å²) in [4.78, 5) is 2.38. The van der Waals surface area contributed by atoms with E-state index in [2.05, 4.69) is 11.9 Å². The van der Waals surface area contributed by atoms with Gasteiger partial charge in [0, 0.05) is 13.1 Å². The van der Waals surface area contributed by atoms with E-state index in [0.29, 0.717) is 5.75 Å². The molecule has 1 saturated heterocycles. The molecule has 0 saturated carbocycles. The minimum atomic E-state index is -3.62. The van der Waals surface area contributed by atoms with Gasteiger partial charge in [-0.15, -0.1) is 0 Å². The molecule has 6 heteroatoms. The van der Waals surface area contributed by atoms with Crippen molar-refractivity contribution in [2.24, 2.45) is 5.14 Å². The maximum absolute atomic E-state index is 11.1. The summed E-state index contributed by atoms with van der Waals surface area (Å²) >= 11 is 0. The molecule has 1 aromatic carbocycles. The number of likely N-dealkylation sites (tertiary alicyclic amines) is 1. The van der Waals surface area contributed by atoms with Gasteiger partial charge >= 0.3 is 0 Å². The van der Waals surface area contributed by atoms with Gasteiger partial charge in [0.05, 0.1) is 4.90 Å². The van der Waals surface area contributed by atoms with Gasteiger partial charge in [-0.05, 0) is 44.2 Å². The maximum Gasteiger partial charge on any atom is 0.238 e. The van der Waals surface area contributed by atoms with E-state index in [1.165, 1.54) is 12.1 Å². The maximum atomic E-state index is 11.1. The summed E-state index contributed by atoms with van der Waals surface area (Å²) in [7, 11) is -1.53. The largest absolute Gasteiger partial charge is 0.490 e. The van der Waals surface area contributed by atoms with E-state index in [1.54, 1.807) is 12.1 Å². The second-order valence-corrected chi connectivity index (χ2v) is 6.20. The van der Waals surface area contributed by atoms with Gasteiger partial charge in [0.1, 0.15) is 11.9 Å². The zero-order valence-electron chi connectivity index (χ0n) is 10.4. The molecule has 1 fully saturated rings. The third-order valence-corrected chi connectivity index (χ3v) is 4.05. The second kappa shape index (κ2) is 5.26. The highest BCUT2D eigenvalue weighted by Gasteiger charge is 2.18. The molecule has 0 radical (unpaired) electrons. The Labute approximate surface area is 108 Å². The molecular formula is C12H18N2O3S. The minimum absolute atomic E-state index is 0.109. The Morgan fingerprint density at radius 3 is 2.28 bits per heavy atom. The highest BCUT2D eigenvalue weighted by atomic mass is 32.2. The fourth-order valence-corrected chi connectivity index (χ4v) is 2.52. The first-order valence-electron chi connectivity index (χ1n) is 5.93.